The molecule has 0 unspecified atom stereocenters. The average Bonchev–Trinajstić information content (AvgIpc) is 3.78. The monoisotopic (exact) mass is 693 g/mol. The normalized spacial score (nSPS) is 20.5. The number of benzene rings is 3. The highest BCUT2D eigenvalue weighted by atomic mass is 35.5. The standard InChI is InChI=1S/C21H22ClFN4O3.C14H19N3O2/c22-18-15(23)6-2-7-16(18)24-21(30)25-17-8-1-5-14(19(17)28)20(29)27-11-10-26-9-3-4-13(26)12-27;15-12-5-1-4-11(13(12)18)14(19)17-8-7-16-6-2-3-10(16)9-17/h1-2,5-8,13,28H,3-4,9-12H2,(H2,24,25,30);1,4-5,10,18H,2-3,6-9,15H2/t13-;10-/m00/s1. The van der Waals surface area contributed by atoms with E-state index in [2.05, 4.69) is 20.4 Å². The van der Waals surface area contributed by atoms with Crippen molar-refractivity contribution in [2.24, 2.45) is 0 Å². The molecule has 4 heterocycles. The van der Waals surface area contributed by atoms with Crippen LogP contribution in [0.4, 0.5) is 26.2 Å². The molecule has 4 aliphatic rings. The van der Waals surface area contributed by atoms with Crippen molar-refractivity contribution in [3.8, 4) is 11.5 Å². The predicted molar refractivity (Wildman–Crippen MR) is 186 cm³/mol. The summed E-state index contributed by atoms with van der Waals surface area (Å²) in [6.45, 7) is 6.69. The van der Waals surface area contributed by atoms with Crippen LogP contribution in [0.25, 0.3) is 0 Å². The van der Waals surface area contributed by atoms with Gasteiger partial charge in [0.05, 0.1) is 33.2 Å². The quantitative estimate of drug-likeness (QED) is 0.196. The molecule has 260 valence electrons. The van der Waals surface area contributed by atoms with E-state index in [1.807, 2.05) is 4.90 Å². The second-order valence-corrected chi connectivity index (χ2v) is 13.2. The zero-order chi connectivity index (χ0) is 34.7. The molecule has 0 radical (unpaired) electrons. The summed E-state index contributed by atoms with van der Waals surface area (Å²) in [6, 6.07) is 13.7. The van der Waals surface area contributed by atoms with Gasteiger partial charge < -0.3 is 36.4 Å². The summed E-state index contributed by atoms with van der Waals surface area (Å²) in [7, 11) is 0. The van der Waals surface area contributed by atoms with Crippen LogP contribution in [0.3, 0.4) is 0 Å². The molecule has 4 amide bonds. The molecule has 0 saturated carbocycles. The van der Waals surface area contributed by atoms with E-state index in [-0.39, 0.29) is 51.0 Å². The van der Waals surface area contributed by atoms with Crippen molar-refractivity contribution in [2.45, 2.75) is 37.8 Å². The number of carbonyl (C=O) groups is 3. The van der Waals surface area contributed by atoms with E-state index in [0.717, 1.165) is 58.5 Å². The zero-order valence-corrected chi connectivity index (χ0v) is 27.8. The van der Waals surface area contributed by atoms with Gasteiger partial charge in [-0.25, -0.2) is 9.18 Å². The van der Waals surface area contributed by atoms with Crippen molar-refractivity contribution in [2.75, 3.05) is 68.7 Å². The number of amides is 4. The van der Waals surface area contributed by atoms with Gasteiger partial charge in [0.1, 0.15) is 5.82 Å². The third-order valence-electron chi connectivity index (χ3n) is 9.76. The third-order valence-corrected chi connectivity index (χ3v) is 10.1. The second kappa shape index (κ2) is 14.9. The molecule has 3 aromatic rings. The molecule has 0 bridgehead atoms. The number of piperazine rings is 2. The summed E-state index contributed by atoms with van der Waals surface area (Å²) in [4.78, 5) is 46.1. The van der Waals surface area contributed by atoms with Gasteiger partial charge in [0.25, 0.3) is 11.8 Å². The first-order valence-corrected chi connectivity index (χ1v) is 17.0. The Balaban J connectivity index is 0.000000188. The molecule has 6 N–H and O–H groups in total. The lowest BCUT2D eigenvalue weighted by atomic mass is 10.1. The number of phenols is 2. The van der Waals surface area contributed by atoms with Crippen molar-refractivity contribution >= 4 is 46.5 Å². The Morgan fingerprint density at radius 1 is 0.714 bits per heavy atom. The van der Waals surface area contributed by atoms with Crippen LogP contribution in [-0.4, -0.2) is 112 Å². The molecular formula is C35H41ClFN7O5. The lowest BCUT2D eigenvalue weighted by molar-refractivity contribution is 0.0563. The Labute approximate surface area is 289 Å². The largest absolute Gasteiger partial charge is 0.505 e. The van der Waals surface area contributed by atoms with Crippen LogP contribution < -0.4 is 16.4 Å². The highest BCUT2D eigenvalue weighted by molar-refractivity contribution is 6.34. The number of nitrogen functional groups attached to an aromatic ring is 1. The average molecular weight is 694 g/mol. The van der Waals surface area contributed by atoms with E-state index in [4.69, 9.17) is 17.3 Å². The molecule has 0 aliphatic carbocycles. The summed E-state index contributed by atoms with van der Waals surface area (Å²) in [6.07, 6.45) is 4.59. The molecule has 3 aromatic carbocycles. The van der Waals surface area contributed by atoms with Gasteiger partial charge in [-0.15, -0.1) is 0 Å². The van der Waals surface area contributed by atoms with Gasteiger partial charge in [-0.3, -0.25) is 19.4 Å². The van der Waals surface area contributed by atoms with Gasteiger partial charge in [-0.2, -0.15) is 0 Å². The van der Waals surface area contributed by atoms with Crippen LogP contribution in [0, 0.1) is 5.82 Å². The SMILES string of the molecule is Nc1cccc(C(=O)N2CCN3CCC[C@H]3C2)c1O.O=C(Nc1cccc(C(=O)N2CCN3CCC[C@H]3C2)c1O)Nc1cccc(F)c1Cl. The molecule has 4 fully saturated rings. The van der Waals surface area contributed by atoms with Gasteiger partial charge in [0, 0.05) is 51.4 Å². The topological polar surface area (TPSA) is 155 Å². The number of fused-ring (bicyclic) bond motifs is 2. The van der Waals surface area contributed by atoms with Gasteiger partial charge in [-0.1, -0.05) is 29.8 Å². The van der Waals surface area contributed by atoms with E-state index in [1.165, 1.54) is 36.8 Å². The van der Waals surface area contributed by atoms with E-state index in [1.54, 1.807) is 29.2 Å². The Kier molecular flexibility index (Phi) is 10.4. The minimum atomic E-state index is -0.720. The summed E-state index contributed by atoms with van der Waals surface area (Å²) in [5.74, 6) is -1.45. The molecule has 4 aliphatic heterocycles. The Hall–Kier alpha value is -4.59. The summed E-state index contributed by atoms with van der Waals surface area (Å²) in [5, 5.41) is 25.2. The number of phenolic OH excluding ortho intramolecular Hbond substituents is 2. The summed E-state index contributed by atoms with van der Waals surface area (Å²) >= 11 is 5.84. The van der Waals surface area contributed by atoms with E-state index in [9.17, 15) is 29.0 Å². The number of urea groups is 1. The smallest absolute Gasteiger partial charge is 0.323 e. The Bertz CT molecular complexity index is 1730. The van der Waals surface area contributed by atoms with Gasteiger partial charge in [0.2, 0.25) is 0 Å². The Morgan fingerprint density at radius 2 is 1.22 bits per heavy atom. The van der Waals surface area contributed by atoms with E-state index in [0.29, 0.717) is 30.7 Å². The van der Waals surface area contributed by atoms with Gasteiger partial charge in [-0.05, 0) is 75.2 Å². The number of halogens is 2. The van der Waals surface area contributed by atoms with Crippen molar-refractivity contribution in [3.05, 3.63) is 76.6 Å². The number of rotatable bonds is 4. The van der Waals surface area contributed by atoms with Crippen molar-refractivity contribution < 1.29 is 29.0 Å². The minimum Gasteiger partial charge on any atom is -0.505 e. The maximum atomic E-state index is 13.5. The van der Waals surface area contributed by atoms with Gasteiger partial charge in [0.15, 0.2) is 11.5 Å². The first kappa shape index (κ1) is 34.3. The molecule has 12 nitrogen and oxygen atoms in total. The number of carbonyl (C=O) groups excluding carboxylic acids is 3. The van der Waals surface area contributed by atoms with Crippen LogP contribution in [0.15, 0.2) is 54.6 Å². The van der Waals surface area contributed by atoms with Crippen molar-refractivity contribution in [3.63, 3.8) is 0 Å². The van der Waals surface area contributed by atoms with Crippen LogP contribution in [0.2, 0.25) is 5.02 Å². The number of para-hydroxylation sites is 2. The number of aromatic hydroxyl groups is 2. The molecule has 7 rings (SSSR count). The van der Waals surface area contributed by atoms with E-state index < -0.39 is 11.8 Å². The second-order valence-electron chi connectivity index (χ2n) is 12.8. The molecule has 0 aromatic heterocycles. The third kappa shape index (κ3) is 7.53. The highest BCUT2D eigenvalue weighted by Crippen LogP contribution is 2.32. The minimum absolute atomic E-state index is 0.0744. The molecule has 14 heteroatoms. The fourth-order valence-electron chi connectivity index (χ4n) is 7.12. The number of nitrogens with two attached hydrogens (primary N) is 1. The molecule has 2 atom stereocenters. The van der Waals surface area contributed by atoms with Crippen molar-refractivity contribution in [1.82, 2.24) is 19.6 Å². The number of nitrogens with one attached hydrogen (secondary N) is 2. The lowest BCUT2D eigenvalue weighted by Crippen LogP contribution is -2.52. The zero-order valence-electron chi connectivity index (χ0n) is 27.1. The highest BCUT2D eigenvalue weighted by Gasteiger charge is 2.35. The fourth-order valence-corrected chi connectivity index (χ4v) is 7.29. The van der Waals surface area contributed by atoms with Gasteiger partial charge >= 0.3 is 6.03 Å². The number of hydrogen-bond acceptors (Lipinski definition) is 8. The van der Waals surface area contributed by atoms with Crippen LogP contribution in [-0.2, 0) is 0 Å². The maximum Gasteiger partial charge on any atom is 0.323 e. The summed E-state index contributed by atoms with van der Waals surface area (Å²) in [5.41, 5.74) is 6.51. The van der Waals surface area contributed by atoms with Crippen LogP contribution in [0.5, 0.6) is 11.5 Å². The first-order valence-electron chi connectivity index (χ1n) is 16.6. The van der Waals surface area contributed by atoms with E-state index >= 15 is 0 Å². The number of nitrogens with zero attached hydrogens (tertiary/aromatic N) is 4. The molecular weight excluding hydrogens is 653 g/mol. The van der Waals surface area contributed by atoms with Crippen LogP contribution in [0.1, 0.15) is 46.4 Å². The first-order chi connectivity index (χ1) is 23.6. The molecule has 0 spiro atoms. The van der Waals surface area contributed by atoms with Crippen LogP contribution >= 0.6 is 11.6 Å². The number of hydrogen-bond donors (Lipinski definition) is 5. The summed E-state index contributed by atoms with van der Waals surface area (Å²) < 4.78 is 13.5. The number of anilines is 3. The maximum absolute atomic E-state index is 13.5. The fraction of sp³-hybridized carbons (Fsp3) is 0.400. The molecule has 4 saturated heterocycles. The predicted octanol–water partition coefficient (Wildman–Crippen LogP) is 4.64. The Morgan fingerprint density at radius 3 is 1.84 bits per heavy atom. The van der Waals surface area contributed by atoms with Crippen molar-refractivity contribution in [1.29, 1.82) is 0 Å². The molecule has 49 heavy (non-hydrogen) atoms. The lowest BCUT2D eigenvalue weighted by Gasteiger charge is -2.37.